The molecule has 34 heavy (non-hydrogen) atoms. The Morgan fingerprint density at radius 2 is 2.00 bits per heavy atom. The molecule has 0 aliphatic carbocycles. The highest BCUT2D eigenvalue weighted by atomic mass is 35.5. The first kappa shape index (κ1) is 25.1. The first-order valence-electron chi connectivity index (χ1n) is 10.2. The standard InChI is InChI=1S/C23H22ClF3N4O3/c1-33-18-6-2-4-16(24)21(18)22(32)31-17(5-3-7-29-20(28)11-25)23-30-12-19(34-23)13-8-14(26)10-15(27)9-13/h2,4,6,8-10,12,17H,3,5,7,11H2,1H3,(H2,28,29)(H,31,32). The number of amides is 1. The molecular formula is C23H22ClF3N4O3. The van der Waals surface area contributed by atoms with Crippen molar-refractivity contribution in [2.45, 2.75) is 18.9 Å². The third kappa shape index (κ3) is 6.28. The normalized spacial score (nSPS) is 11.7. The van der Waals surface area contributed by atoms with Crippen LogP contribution in [0.1, 0.15) is 35.1 Å². The van der Waals surface area contributed by atoms with Gasteiger partial charge in [-0.1, -0.05) is 17.7 Å². The van der Waals surface area contributed by atoms with E-state index < -0.39 is 30.3 Å². The molecule has 1 unspecified atom stereocenters. The highest BCUT2D eigenvalue weighted by Gasteiger charge is 2.24. The highest BCUT2D eigenvalue weighted by Crippen LogP contribution is 2.29. The molecule has 1 atom stereocenters. The van der Waals surface area contributed by atoms with E-state index in [1.165, 1.54) is 13.3 Å². The number of amidine groups is 1. The molecule has 0 aliphatic rings. The molecule has 7 nitrogen and oxygen atoms in total. The zero-order valence-electron chi connectivity index (χ0n) is 18.1. The van der Waals surface area contributed by atoms with Crippen LogP contribution in [0.25, 0.3) is 11.3 Å². The van der Waals surface area contributed by atoms with Crippen LogP contribution < -0.4 is 15.4 Å². The summed E-state index contributed by atoms with van der Waals surface area (Å²) < 4.78 is 50.7. The van der Waals surface area contributed by atoms with Gasteiger partial charge < -0.3 is 19.8 Å². The summed E-state index contributed by atoms with van der Waals surface area (Å²) >= 11 is 6.20. The van der Waals surface area contributed by atoms with Gasteiger partial charge in [0.15, 0.2) is 5.76 Å². The predicted octanol–water partition coefficient (Wildman–Crippen LogP) is 5.07. The molecule has 0 radical (unpaired) electrons. The number of rotatable bonds is 10. The van der Waals surface area contributed by atoms with Crippen LogP contribution in [0, 0.1) is 17.0 Å². The number of aromatic nitrogens is 1. The number of nitrogens with zero attached hydrogens (tertiary/aromatic N) is 1. The minimum atomic E-state index is -0.917. The Morgan fingerprint density at radius 1 is 1.26 bits per heavy atom. The smallest absolute Gasteiger partial charge is 0.257 e. The fraction of sp³-hybridized carbons (Fsp3) is 0.261. The Morgan fingerprint density at radius 3 is 2.68 bits per heavy atom. The molecule has 0 fully saturated rings. The highest BCUT2D eigenvalue weighted by molar-refractivity contribution is 6.34. The van der Waals surface area contributed by atoms with E-state index in [2.05, 4.69) is 15.6 Å². The number of methoxy groups -OCH3 is 1. The fourth-order valence-corrected chi connectivity index (χ4v) is 3.51. The molecule has 3 aromatic rings. The zero-order valence-corrected chi connectivity index (χ0v) is 18.9. The van der Waals surface area contributed by atoms with Gasteiger partial charge in [-0.15, -0.1) is 0 Å². The van der Waals surface area contributed by atoms with Crippen molar-refractivity contribution in [1.82, 2.24) is 15.6 Å². The van der Waals surface area contributed by atoms with Gasteiger partial charge in [-0.05, 0) is 37.1 Å². The Bertz CT molecular complexity index is 1150. The van der Waals surface area contributed by atoms with Crippen molar-refractivity contribution >= 4 is 23.3 Å². The van der Waals surface area contributed by atoms with Crippen LogP contribution in [0.15, 0.2) is 47.0 Å². The number of benzene rings is 2. The van der Waals surface area contributed by atoms with Crippen LogP contribution in [0.2, 0.25) is 5.02 Å². The number of nitrogens with one attached hydrogen (secondary N) is 3. The van der Waals surface area contributed by atoms with Gasteiger partial charge in [-0.3, -0.25) is 10.2 Å². The van der Waals surface area contributed by atoms with Crippen LogP contribution in [0.3, 0.4) is 0 Å². The van der Waals surface area contributed by atoms with Crippen molar-refractivity contribution in [3.63, 3.8) is 0 Å². The second-order valence-corrected chi connectivity index (χ2v) is 7.65. The largest absolute Gasteiger partial charge is 0.496 e. The molecule has 0 aliphatic heterocycles. The van der Waals surface area contributed by atoms with E-state index in [9.17, 15) is 18.0 Å². The summed E-state index contributed by atoms with van der Waals surface area (Å²) in [5, 5.41) is 12.9. The summed E-state index contributed by atoms with van der Waals surface area (Å²) in [6, 6.07) is 6.94. The lowest BCUT2D eigenvalue weighted by Crippen LogP contribution is -2.31. The van der Waals surface area contributed by atoms with E-state index >= 15 is 0 Å². The number of carbonyl (C=O) groups excluding carboxylic acids is 1. The lowest BCUT2D eigenvalue weighted by Gasteiger charge is -2.18. The van der Waals surface area contributed by atoms with Crippen LogP contribution in [-0.4, -0.2) is 37.1 Å². The quantitative estimate of drug-likeness (QED) is 0.207. The molecule has 0 bridgehead atoms. The monoisotopic (exact) mass is 494 g/mol. The Balaban J connectivity index is 1.85. The summed E-state index contributed by atoms with van der Waals surface area (Å²) in [7, 11) is 1.41. The van der Waals surface area contributed by atoms with Crippen LogP contribution in [0.4, 0.5) is 13.2 Å². The Kier molecular flexibility index (Phi) is 8.53. The summed E-state index contributed by atoms with van der Waals surface area (Å²) in [5.74, 6) is -1.87. The van der Waals surface area contributed by atoms with Gasteiger partial charge in [-0.25, -0.2) is 18.2 Å². The predicted molar refractivity (Wildman–Crippen MR) is 121 cm³/mol. The van der Waals surface area contributed by atoms with E-state index in [4.69, 9.17) is 26.2 Å². The number of alkyl halides is 1. The zero-order chi connectivity index (χ0) is 24.7. The lowest BCUT2D eigenvalue weighted by atomic mass is 10.1. The van der Waals surface area contributed by atoms with Crippen molar-refractivity contribution < 1.29 is 27.1 Å². The second kappa shape index (κ2) is 11.6. The molecule has 0 spiro atoms. The molecule has 0 saturated heterocycles. The molecule has 2 aromatic carbocycles. The maximum atomic E-state index is 13.6. The summed E-state index contributed by atoms with van der Waals surface area (Å²) in [6.45, 7) is -0.646. The topological polar surface area (TPSA) is 100 Å². The van der Waals surface area contributed by atoms with Gasteiger partial charge in [0.25, 0.3) is 5.91 Å². The van der Waals surface area contributed by atoms with Crippen molar-refractivity contribution in [3.8, 4) is 17.1 Å². The molecule has 11 heteroatoms. The van der Waals surface area contributed by atoms with Gasteiger partial charge in [0.05, 0.1) is 23.9 Å². The SMILES string of the molecule is COc1cccc(Cl)c1C(=O)NC(CCCNC(=N)CF)c1ncc(-c2cc(F)cc(F)c2)o1. The Hall–Kier alpha value is -3.53. The number of ether oxygens (including phenoxy) is 1. The van der Waals surface area contributed by atoms with Gasteiger partial charge in [0.1, 0.15) is 35.9 Å². The van der Waals surface area contributed by atoms with Gasteiger partial charge in [-0.2, -0.15) is 0 Å². The number of hydrogen-bond acceptors (Lipinski definition) is 5. The number of oxazole rings is 1. The molecule has 1 aromatic heterocycles. The fourth-order valence-electron chi connectivity index (χ4n) is 3.25. The average molecular weight is 495 g/mol. The maximum Gasteiger partial charge on any atom is 0.257 e. The van der Waals surface area contributed by atoms with Crippen molar-refractivity contribution in [2.75, 3.05) is 20.3 Å². The van der Waals surface area contributed by atoms with Crippen molar-refractivity contribution in [2.24, 2.45) is 0 Å². The molecule has 1 heterocycles. The van der Waals surface area contributed by atoms with E-state index in [1.807, 2.05) is 0 Å². The minimum absolute atomic E-state index is 0.0969. The third-order valence-electron chi connectivity index (χ3n) is 4.84. The van der Waals surface area contributed by atoms with Crippen molar-refractivity contribution in [3.05, 3.63) is 70.7 Å². The summed E-state index contributed by atoms with van der Waals surface area (Å²) in [4.78, 5) is 17.2. The van der Waals surface area contributed by atoms with E-state index in [1.54, 1.807) is 18.2 Å². The number of halogens is 4. The van der Waals surface area contributed by atoms with Crippen LogP contribution in [0.5, 0.6) is 5.75 Å². The average Bonchev–Trinajstić information content (AvgIpc) is 3.30. The number of carbonyl (C=O) groups is 1. The van der Waals surface area contributed by atoms with Gasteiger partial charge in [0.2, 0.25) is 5.89 Å². The van der Waals surface area contributed by atoms with Crippen molar-refractivity contribution in [1.29, 1.82) is 5.41 Å². The maximum absolute atomic E-state index is 13.6. The molecule has 3 rings (SSSR count). The third-order valence-corrected chi connectivity index (χ3v) is 5.15. The summed E-state index contributed by atoms with van der Waals surface area (Å²) in [5.41, 5.74) is 0.264. The molecule has 180 valence electrons. The number of hydrogen-bond donors (Lipinski definition) is 3. The second-order valence-electron chi connectivity index (χ2n) is 7.25. The minimum Gasteiger partial charge on any atom is -0.496 e. The molecule has 3 N–H and O–H groups in total. The molecule has 1 amide bonds. The summed E-state index contributed by atoms with van der Waals surface area (Å²) in [6.07, 6.45) is 2.01. The van der Waals surface area contributed by atoms with E-state index in [-0.39, 0.29) is 45.9 Å². The first-order chi connectivity index (χ1) is 16.3. The van der Waals surface area contributed by atoms with Crippen LogP contribution >= 0.6 is 11.6 Å². The van der Waals surface area contributed by atoms with Gasteiger partial charge >= 0.3 is 0 Å². The van der Waals surface area contributed by atoms with E-state index in [0.717, 1.165) is 18.2 Å². The lowest BCUT2D eigenvalue weighted by molar-refractivity contribution is 0.0924. The van der Waals surface area contributed by atoms with E-state index in [0.29, 0.717) is 12.8 Å². The van der Waals surface area contributed by atoms with Crippen LogP contribution in [-0.2, 0) is 0 Å². The molecule has 0 saturated carbocycles. The Labute approximate surface area is 198 Å². The molecular weight excluding hydrogens is 473 g/mol. The van der Waals surface area contributed by atoms with Gasteiger partial charge in [0, 0.05) is 18.2 Å². The first-order valence-corrected chi connectivity index (χ1v) is 10.6.